The standard InChI is InChI=1S/C63H116NO4/c1-7-10-13-16-19-22-25-28-31-34-37-40-43-46-49-52-55-65-60(58-64(4,5)6)62-63(67-57-54-51-48-45-42-39-36-33-30-27-24-21-18-15-12-9-3)61(59-68-62)66-56-53-50-47-44-41-38-35-32-29-26-23-20-17-14-11-8-2/h19-24,28-33,60-63H,7-18,25-27,34-59H2,1-6H3/q+1/b22-19-,23-20-,24-21-,31-28-,32-29-,33-30-/t60-,61+,62?,63-/m1/s1. The maximum atomic E-state index is 6.79. The van der Waals surface area contributed by atoms with E-state index in [0.717, 1.165) is 69.4 Å². The minimum atomic E-state index is -0.0950. The van der Waals surface area contributed by atoms with Crippen molar-refractivity contribution in [3.63, 3.8) is 0 Å². The molecule has 0 amide bonds. The molecule has 0 aliphatic carbocycles. The SMILES string of the molecule is CCCCC/C=C\C/C=C\CCCCCCCCO[C@H]1COC([C@@H](C[N+](C)(C)C)OCCCCCCCC/C=C\C/C=C\CCCCC)[C@@H]1OCCCCCCCC/C=C\C/C=C\CCCCC. The van der Waals surface area contributed by atoms with Crippen LogP contribution in [-0.2, 0) is 18.9 Å². The lowest BCUT2D eigenvalue weighted by atomic mass is 10.0. The molecule has 1 unspecified atom stereocenters. The summed E-state index contributed by atoms with van der Waals surface area (Å²) in [5.74, 6) is 0. The van der Waals surface area contributed by atoms with E-state index >= 15 is 0 Å². The molecule has 1 fully saturated rings. The van der Waals surface area contributed by atoms with Gasteiger partial charge in [-0.2, -0.15) is 0 Å². The highest BCUT2D eigenvalue weighted by Gasteiger charge is 2.45. The van der Waals surface area contributed by atoms with Crippen molar-refractivity contribution in [2.24, 2.45) is 0 Å². The van der Waals surface area contributed by atoms with Gasteiger partial charge in [-0.3, -0.25) is 0 Å². The fraction of sp³-hybridized carbons (Fsp3) is 0.810. The van der Waals surface area contributed by atoms with Gasteiger partial charge < -0.3 is 23.4 Å². The van der Waals surface area contributed by atoms with Gasteiger partial charge in [0.1, 0.15) is 31.0 Å². The summed E-state index contributed by atoms with van der Waals surface area (Å²) in [5, 5.41) is 0. The molecule has 0 bridgehead atoms. The molecule has 0 aromatic heterocycles. The molecular formula is C63H116NO4+. The quantitative estimate of drug-likeness (QED) is 0.0346. The average Bonchev–Trinajstić information content (AvgIpc) is 3.73. The summed E-state index contributed by atoms with van der Waals surface area (Å²) in [6, 6.07) is 0. The molecule has 4 atom stereocenters. The molecule has 1 heterocycles. The number of quaternary nitrogens is 1. The number of likely N-dealkylation sites (N-methyl/N-ethyl adjacent to an activating group) is 1. The van der Waals surface area contributed by atoms with Crippen molar-refractivity contribution >= 4 is 0 Å². The number of unbranched alkanes of at least 4 members (excludes halogenated alkanes) is 27. The Morgan fingerprint density at radius 3 is 1.09 bits per heavy atom. The molecule has 5 heteroatoms. The molecule has 1 rings (SSSR count). The second kappa shape index (κ2) is 50.2. The van der Waals surface area contributed by atoms with Crippen LogP contribution < -0.4 is 0 Å². The van der Waals surface area contributed by atoms with Gasteiger partial charge in [-0.15, -0.1) is 0 Å². The highest BCUT2D eigenvalue weighted by molar-refractivity contribution is 4.95. The van der Waals surface area contributed by atoms with Gasteiger partial charge in [0.2, 0.25) is 0 Å². The van der Waals surface area contributed by atoms with Crippen molar-refractivity contribution in [2.45, 2.75) is 276 Å². The van der Waals surface area contributed by atoms with Gasteiger partial charge in [0.15, 0.2) is 0 Å². The molecule has 396 valence electrons. The first kappa shape index (κ1) is 64.3. The summed E-state index contributed by atoms with van der Waals surface area (Å²) in [6.07, 6.45) is 73.2. The molecule has 68 heavy (non-hydrogen) atoms. The molecule has 0 N–H and O–H groups in total. The van der Waals surface area contributed by atoms with E-state index in [9.17, 15) is 0 Å². The molecular weight excluding hydrogens is 835 g/mol. The van der Waals surface area contributed by atoms with Crippen molar-refractivity contribution in [3.05, 3.63) is 72.9 Å². The molecule has 1 aliphatic rings. The van der Waals surface area contributed by atoms with Crippen molar-refractivity contribution in [1.82, 2.24) is 0 Å². The predicted molar refractivity (Wildman–Crippen MR) is 300 cm³/mol. The molecule has 1 aliphatic heterocycles. The number of rotatable bonds is 51. The Hall–Kier alpha value is -1.76. The first-order valence-electron chi connectivity index (χ1n) is 29.6. The van der Waals surface area contributed by atoms with Gasteiger partial charge in [-0.1, -0.05) is 209 Å². The first-order valence-corrected chi connectivity index (χ1v) is 29.6. The fourth-order valence-corrected chi connectivity index (χ4v) is 9.02. The van der Waals surface area contributed by atoms with Crippen molar-refractivity contribution in [1.29, 1.82) is 0 Å². The van der Waals surface area contributed by atoms with Crippen LogP contribution in [0.3, 0.4) is 0 Å². The van der Waals surface area contributed by atoms with E-state index in [2.05, 4.69) is 115 Å². The zero-order valence-corrected chi connectivity index (χ0v) is 46.3. The van der Waals surface area contributed by atoms with Crippen molar-refractivity contribution < 1.29 is 23.4 Å². The van der Waals surface area contributed by atoms with E-state index in [1.165, 1.54) is 193 Å². The van der Waals surface area contributed by atoms with Crippen LogP contribution in [0.15, 0.2) is 72.9 Å². The number of allylic oxidation sites excluding steroid dienone is 12. The molecule has 0 aromatic rings. The van der Waals surface area contributed by atoms with Gasteiger partial charge >= 0.3 is 0 Å². The van der Waals surface area contributed by atoms with Crippen LogP contribution in [0.5, 0.6) is 0 Å². The van der Waals surface area contributed by atoms with E-state index in [1.807, 2.05) is 0 Å². The highest BCUT2D eigenvalue weighted by Crippen LogP contribution is 2.27. The third-order valence-corrected chi connectivity index (χ3v) is 13.2. The number of nitrogens with zero attached hydrogens (tertiary/aromatic N) is 1. The first-order chi connectivity index (χ1) is 33.4. The maximum absolute atomic E-state index is 6.79. The van der Waals surface area contributed by atoms with Crippen molar-refractivity contribution in [3.8, 4) is 0 Å². The van der Waals surface area contributed by atoms with Crippen LogP contribution in [0, 0.1) is 0 Å². The number of hydrogen-bond donors (Lipinski definition) is 0. The minimum Gasteiger partial charge on any atom is -0.373 e. The van der Waals surface area contributed by atoms with Gasteiger partial charge in [0.25, 0.3) is 0 Å². The van der Waals surface area contributed by atoms with Crippen LogP contribution in [0.2, 0.25) is 0 Å². The molecule has 0 aromatic carbocycles. The smallest absolute Gasteiger partial charge is 0.135 e. The van der Waals surface area contributed by atoms with Gasteiger partial charge in [-0.05, 0) is 116 Å². The van der Waals surface area contributed by atoms with Crippen molar-refractivity contribution in [2.75, 3.05) is 54.1 Å². The Labute approximate surface area is 425 Å². The lowest BCUT2D eigenvalue weighted by Gasteiger charge is -2.34. The van der Waals surface area contributed by atoms with Gasteiger partial charge in [0, 0.05) is 19.8 Å². The Kier molecular flexibility index (Phi) is 47.4. The number of ether oxygens (including phenoxy) is 4. The predicted octanol–water partition coefficient (Wildman–Crippen LogP) is 18.7. The summed E-state index contributed by atoms with van der Waals surface area (Å²) in [7, 11) is 6.81. The molecule has 0 saturated carbocycles. The molecule has 1 saturated heterocycles. The summed E-state index contributed by atoms with van der Waals surface area (Å²) < 4.78 is 27.7. The van der Waals surface area contributed by atoms with Gasteiger partial charge in [0.05, 0.1) is 27.7 Å². The van der Waals surface area contributed by atoms with E-state index in [0.29, 0.717) is 6.61 Å². The summed E-state index contributed by atoms with van der Waals surface area (Å²) in [4.78, 5) is 0. The van der Waals surface area contributed by atoms with E-state index in [-0.39, 0.29) is 24.4 Å². The molecule has 0 radical (unpaired) electrons. The Morgan fingerprint density at radius 2 is 0.721 bits per heavy atom. The van der Waals surface area contributed by atoms with E-state index in [1.54, 1.807) is 0 Å². The zero-order valence-electron chi connectivity index (χ0n) is 46.3. The lowest BCUT2D eigenvalue weighted by Crippen LogP contribution is -2.51. The van der Waals surface area contributed by atoms with Crippen LogP contribution >= 0.6 is 0 Å². The monoisotopic (exact) mass is 951 g/mol. The average molecular weight is 952 g/mol. The molecule has 5 nitrogen and oxygen atoms in total. The lowest BCUT2D eigenvalue weighted by molar-refractivity contribution is -0.874. The maximum Gasteiger partial charge on any atom is 0.135 e. The van der Waals surface area contributed by atoms with Crippen LogP contribution in [0.1, 0.15) is 252 Å². The van der Waals surface area contributed by atoms with Crippen LogP contribution in [0.4, 0.5) is 0 Å². The summed E-state index contributed by atoms with van der Waals surface area (Å²) in [6.45, 7) is 10.7. The number of hydrogen-bond acceptors (Lipinski definition) is 4. The van der Waals surface area contributed by atoms with Gasteiger partial charge in [-0.25, -0.2) is 0 Å². The molecule has 0 spiro atoms. The van der Waals surface area contributed by atoms with Crippen LogP contribution in [0.25, 0.3) is 0 Å². The second-order valence-corrected chi connectivity index (χ2v) is 21.2. The highest BCUT2D eigenvalue weighted by atomic mass is 16.6. The Balaban J connectivity index is 2.52. The summed E-state index contributed by atoms with van der Waals surface area (Å²) in [5.41, 5.74) is 0. The minimum absolute atomic E-state index is 0.00991. The fourth-order valence-electron chi connectivity index (χ4n) is 9.02. The van der Waals surface area contributed by atoms with E-state index in [4.69, 9.17) is 18.9 Å². The largest absolute Gasteiger partial charge is 0.373 e. The van der Waals surface area contributed by atoms with Crippen LogP contribution in [-0.4, -0.2) is 83.0 Å². The summed E-state index contributed by atoms with van der Waals surface area (Å²) >= 11 is 0. The Morgan fingerprint density at radius 1 is 0.397 bits per heavy atom. The zero-order chi connectivity index (χ0) is 49.1. The Bertz CT molecular complexity index is 1210. The topological polar surface area (TPSA) is 36.9 Å². The van der Waals surface area contributed by atoms with E-state index < -0.39 is 0 Å². The normalized spacial score (nSPS) is 17.6. The second-order valence-electron chi connectivity index (χ2n) is 21.2. The third kappa shape index (κ3) is 43.1. The third-order valence-electron chi connectivity index (χ3n) is 13.2.